The van der Waals surface area contributed by atoms with Crippen molar-refractivity contribution in [3.63, 3.8) is 0 Å². The summed E-state index contributed by atoms with van der Waals surface area (Å²) < 4.78 is 52.1. The molecule has 3 aromatic carbocycles. The maximum atomic E-state index is 12.5. The fourth-order valence-electron chi connectivity index (χ4n) is 14.1. The Morgan fingerprint density at radius 1 is 0.538 bits per heavy atom. The Balaban J connectivity index is 0.000000493. The second kappa shape index (κ2) is 56.5. The SMILES string of the molecule is C=C1C[C@H](C(=O)CCCC[C@@H](C)CC(=O)OC)OC2(CCCC2)O1.CC(=O)CC(=O)CCC=C(C)C.CC(=O)C[C@@H](CCC=C(C)C)O[Si](C)(C)C(C)(C)C.CC(=O)C[C@@H](CCC=O)O[Si](C)(C)C(C)(C)C.CCC1C[C@H]([C@@H](CCCC[C@@H](C)CC(=O)OC)OC(C)=O)OC2(CCCC2)O1.c1ccc(P(c2ccccc2)c2ccccc2)cc1. The van der Waals surface area contributed by atoms with E-state index in [1.165, 1.54) is 55.1 Å². The molecule has 2 saturated heterocycles. The second-order valence-electron chi connectivity index (χ2n) is 36.6. The highest BCUT2D eigenvalue weighted by atomic mass is 31.1. The van der Waals surface area contributed by atoms with Crippen LogP contribution in [0.5, 0.6) is 0 Å². The Hall–Kier alpha value is -6.23. The van der Waals surface area contributed by atoms with E-state index >= 15 is 0 Å². The van der Waals surface area contributed by atoms with E-state index in [1.807, 2.05) is 26.8 Å². The Morgan fingerprint density at radius 3 is 1.35 bits per heavy atom. The van der Waals surface area contributed by atoms with Gasteiger partial charge in [-0.2, -0.15) is 0 Å². The molecule has 7 rings (SSSR count). The summed E-state index contributed by atoms with van der Waals surface area (Å²) in [5, 5.41) is 4.52. The van der Waals surface area contributed by atoms with Crippen molar-refractivity contribution in [2.75, 3.05) is 14.2 Å². The predicted octanol–water partition coefficient (Wildman–Crippen LogP) is 22.6. The van der Waals surface area contributed by atoms with Gasteiger partial charge in [0.05, 0.1) is 44.7 Å². The monoisotopic (exact) mass is 1710 g/mol. The van der Waals surface area contributed by atoms with E-state index in [2.05, 4.69) is 204 Å². The van der Waals surface area contributed by atoms with Crippen molar-refractivity contribution in [2.24, 2.45) is 11.8 Å². The van der Waals surface area contributed by atoms with Crippen LogP contribution in [0.2, 0.25) is 36.3 Å². The first-order valence-corrected chi connectivity index (χ1v) is 51.2. The molecule has 18 nitrogen and oxygen atoms in total. The van der Waals surface area contributed by atoms with Crippen LogP contribution in [0.3, 0.4) is 0 Å². The summed E-state index contributed by atoms with van der Waals surface area (Å²) in [6.07, 6.45) is 27.8. The molecule has 21 heteroatoms. The summed E-state index contributed by atoms with van der Waals surface area (Å²) in [5.41, 5.74) is 2.54. The molecule has 0 radical (unpaired) electrons. The zero-order valence-electron chi connectivity index (χ0n) is 77.7. The number of ether oxygens (including phenoxy) is 7. The van der Waals surface area contributed by atoms with Crippen LogP contribution in [0.4, 0.5) is 0 Å². The second-order valence-corrected chi connectivity index (χ2v) is 48.4. The molecule has 8 atom stereocenters. The summed E-state index contributed by atoms with van der Waals surface area (Å²) >= 11 is 0. The molecule has 2 aliphatic heterocycles. The number of esters is 3. The minimum Gasteiger partial charge on any atom is -0.469 e. The molecule has 1 unspecified atom stereocenters. The number of carbonyl (C=O) groups excluding carboxylic acids is 9. The standard InChI is InChI=1S/C22H38O6.C19H30O5.C18H15P.C16H32O2Si.C13H26O3Si.C10H16O2/c1-5-18-15-20(28-22(27-18)12-8-9-13-22)19(26-17(3)23)11-7-6-10-16(2)14-21(24)25-4;1-14(12-18(21)22-3)8-4-5-9-16(20)17-13-15(2)23-19(24-17)10-6-7-11-19;1-4-10-16(11-5-1)19(17-12-6-2-7-13-17)18-14-8-3-9-15-18;1-13(2)10-9-11-15(12-14(3)17)18-19(7,8)16(4,5)6;1-11(15)10-12(8-7-9-14)16-17(5,6)13(2,3)4;1-8(2)5-4-6-10(12)7-9(3)11/h16,18-20H,5-15H2,1-4H3;14,17H,2,4-13H2,1,3H3;1-15H;10,15H,9,11-12H2,1-8H3;9,12H,7-8,10H2,1-6H3;5H,4,6-7H2,1-3H3/t16-,18?,19-,20-;14-,17-;;15-;12-;/m11.11./s1. The van der Waals surface area contributed by atoms with Crippen molar-refractivity contribution < 1.29 is 85.2 Å². The Labute approximate surface area is 722 Å². The molecular weight excluding hydrogens is 1550 g/mol. The Bertz CT molecular complexity index is 3450. The van der Waals surface area contributed by atoms with Crippen molar-refractivity contribution in [1.29, 1.82) is 0 Å². The minimum absolute atomic E-state index is 0.0417. The number of benzene rings is 3. The molecule has 0 aromatic heterocycles. The number of aldehydes is 1. The third-order valence-electron chi connectivity index (χ3n) is 22.6. The van der Waals surface area contributed by atoms with Gasteiger partial charge < -0.3 is 46.8 Å². The summed E-state index contributed by atoms with van der Waals surface area (Å²) in [4.78, 5) is 101. The number of hydrogen-bond donors (Lipinski definition) is 0. The van der Waals surface area contributed by atoms with Gasteiger partial charge in [-0.15, -0.1) is 0 Å². The van der Waals surface area contributed by atoms with Crippen molar-refractivity contribution >= 4 is 93.6 Å². The van der Waals surface area contributed by atoms with Crippen LogP contribution in [-0.4, -0.2) is 132 Å². The number of methoxy groups -OCH3 is 2. The van der Waals surface area contributed by atoms with Crippen LogP contribution in [0.1, 0.15) is 310 Å². The number of allylic oxidation sites excluding steroid dienone is 4. The van der Waals surface area contributed by atoms with Gasteiger partial charge in [-0.25, -0.2) is 0 Å². The van der Waals surface area contributed by atoms with Crippen LogP contribution in [0.25, 0.3) is 0 Å². The average molecular weight is 1710 g/mol. The van der Waals surface area contributed by atoms with Crippen molar-refractivity contribution in [1.82, 2.24) is 0 Å². The van der Waals surface area contributed by atoms with E-state index in [-0.39, 0.29) is 99.8 Å². The van der Waals surface area contributed by atoms with E-state index in [0.717, 1.165) is 135 Å². The predicted molar refractivity (Wildman–Crippen MR) is 489 cm³/mol. The molecule has 0 amide bonds. The number of hydrogen-bond acceptors (Lipinski definition) is 18. The van der Waals surface area contributed by atoms with E-state index in [0.29, 0.717) is 69.5 Å². The lowest BCUT2D eigenvalue weighted by Crippen LogP contribution is -2.51. The van der Waals surface area contributed by atoms with Gasteiger partial charge in [-0.1, -0.05) is 209 Å². The molecule has 119 heavy (non-hydrogen) atoms. The topological polar surface area (TPSA) is 237 Å². The number of unbranched alkanes of at least 4 members (excludes halogenated alkanes) is 2. The van der Waals surface area contributed by atoms with E-state index in [9.17, 15) is 43.2 Å². The third kappa shape index (κ3) is 45.6. The lowest BCUT2D eigenvalue weighted by molar-refractivity contribution is -0.327. The Morgan fingerprint density at radius 2 is 0.958 bits per heavy atom. The minimum atomic E-state index is -1.85. The maximum absolute atomic E-state index is 12.5. The number of ketones is 5. The first kappa shape index (κ1) is 109. The summed E-state index contributed by atoms with van der Waals surface area (Å²) in [5.74, 6) is 0.0910. The van der Waals surface area contributed by atoms with Gasteiger partial charge in [0.1, 0.15) is 47.7 Å². The van der Waals surface area contributed by atoms with E-state index in [4.69, 9.17) is 37.3 Å². The summed E-state index contributed by atoms with van der Waals surface area (Å²) in [6.45, 7) is 46.6. The molecule has 2 spiro atoms. The van der Waals surface area contributed by atoms with Crippen LogP contribution in [0, 0.1) is 11.8 Å². The van der Waals surface area contributed by atoms with E-state index in [1.54, 1.807) is 13.8 Å². The molecule has 4 aliphatic rings. The molecule has 3 aromatic rings. The summed E-state index contributed by atoms with van der Waals surface area (Å²) in [7, 11) is -1.25. The van der Waals surface area contributed by atoms with Gasteiger partial charge in [0, 0.05) is 90.4 Å². The highest BCUT2D eigenvalue weighted by molar-refractivity contribution is 7.79. The van der Waals surface area contributed by atoms with Gasteiger partial charge >= 0.3 is 17.9 Å². The molecule has 0 bridgehead atoms. The fraction of sp³-hybridized carbons (Fsp3) is 0.663. The zero-order valence-corrected chi connectivity index (χ0v) is 80.6. The van der Waals surface area contributed by atoms with Gasteiger partial charge in [-0.05, 0) is 197 Å². The highest BCUT2D eigenvalue weighted by Gasteiger charge is 2.48. The molecular formula is C98H157O18PSi2. The highest BCUT2D eigenvalue weighted by Crippen LogP contribution is 2.45. The first-order valence-electron chi connectivity index (χ1n) is 44.1. The van der Waals surface area contributed by atoms with Gasteiger partial charge in [0.2, 0.25) is 5.79 Å². The van der Waals surface area contributed by atoms with Crippen molar-refractivity contribution in [2.45, 2.75) is 395 Å². The number of rotatable bonds is 40. The maximum Gasteiger partial charge on any atom is 0.305 e. The van der Waals surface area contributed by atoms with Crippen LogP contribution >= 0.6 is 7.92 Å². The molecule has 670 valence electrons. The van der Waals surface area contributed by atoms with Crippen LogP contribution in [-0.2, 0) is 85.2 Å². The largest absolute Gasteiger partial charge is 0.469 e. The smallest absolute Gasteiger partial charge is 0.305 e. The normalized spacial score (nSPS) is 17.8. The third-order valence-corrected chi connectivity index (χ3v) is 34.1. The van der Waals surface area contributed by atoms with Crippen LogP contribution in [0.15, 0.2) is 127 Å². The van der Waals surface area contributed by atoms with E-state index < -0.39 is 42.2 Å². The molecule has 2 aliphatic carbocycles. The lowest BCUT2D eigenvalue weighted by atomic mass is 9.95. The van der Waals surface area contributed by atoms with Gasteiger partial charge in [0.25, 0.3) is 0 Å². The molecule has 2 saturated carbocycles. The lowest BCUT2D eigenvalue weighted by Gasteiger charge is -2.44. The quantitative estimate of drug-likeness (QED) is 0.00752. The van der Waals surface area contributed by atoms with Gasteiger partial charge in [-0.3, -0.25) is 38.4 Å². The molecule has 2 heterocycles. The molecule has 4 fully saturated rings. The van der Waals surface area contributed by atoms with Crippen LogP contribution < -0.4 is 15.9 Å². The van der Waals surface area contributed by atoms with Crippen molar-refractivity contribution in [3.05, 3.63) is 127 Å². The number of Topliss-reactive ketones (excluding diaryl/α,β-unsaturated/α-hetero) is 5. The van der Waals surface area contributed by atoms with Crippen molar-refractivity contribution in [3.8, 4) is 0 Å². The zero-order chi connectivity index (χ0) is 89.6. The molecule has 0 N–H and O–H groups in total. The number of carbonyl (C=O) groups is 9. The first-order chi connectivity index (χ1) is 55.8. The van der Waals surface area contributed by atoms with Gasteiger partial charge in [0.15, 0.2) is 28.2 Å². The fourth-order valence-corrected chi connectivity index (χ4v) is 19.2. The summed E-state index contributed by atoms with van der Waals surface area (Å²) in [6, 6.07) is 32.3. The average Bonchev–Trinajstić information content (AvgIpc) is 1.60. The Kier molecular flexibility index (Phi) is 51.7.